The first kappa shape index (κ1) is 13.1. The molecule has 1 amide bonds. The van der Waals surface area contributed by atoms with Crippen molar-refractivity contribution in [3.63, 3.8) is 0 Å². The molecule has 1 aromatic rings. The van der Waals surface area contributed by atoms with E-state index < -0.39 is 6.04 Å². The van der Waals surface area contributed by atoms with Gasteiger partial charge in [-0.3, -0.25) is 4.79 Å². The first-order chi connectivity index (χ1) is 8.17. The van der Waals surface area contributed by atoms with Crippen LogP contribution < -0.4 is 10.6 Å². The molecule has 0 heterocycles. The van der Waals surface area contributed by atoms with Crippen molar-refractivity contribution in [2.75, 3.05) is 11.9 Å². The lowest BCUT2D eigenvalue weighted by Gasteiger charge is -2.14. The maximum absolute atomic E-state index is 10.4. The van der Waals surface area contributed by atoms with Gasteiger partial charge >= 0.3 is 0 Å². The van der Waals surface area contributed by atoms with Gasteiger partial charge in [0, 0.05) is 12.2 Å². The van der Waals surface area contributed by atoms with E-state index in [1.807, 2.05) is 31.2 Å². The Labute approximate surface area is 101 Å². The van der Waals surface area contributed by atoms with Gasteiger partial charge in [0.15, 0.2) is 0 Å². The summed E-state index contributed by atoms with van der Waals surface area (Å²) in [7, 11) is 0. The molecule has 0 bridgehead atoms. The lowest BCUT2D eigenvalue weighted by molar-refractivity contribution is -0.110. The molecule has 0 aliphatic heterocycles. The minimum absolute atomic E-state index is 0.0344. The quantitative estimate of drug-likeness (QED) is 0.498. The van der Waals surface area contributed by atoms with E-state index >= 15 is 0 Å². The van der Waals surface area contributed by atoms with Crippen molar-refractivity contribution in [3.05, 3.63) is 42.2 Å². The summed E-state index contributed by atoms with van der Waals surface area (Å²) in [6.07, 6.45) is 1.10. The number of hydrogen-bond acceptors (Lipinski definition) is 3. The average molecular weight is 234 g/mol. The van der Waals surface area contributed by atoms with Crippen molar-refractivity contribution < 1.29 is 9.90 Å². The number of nitrogens with one attached hydrogen (secondary N) is 2. The highest BCUT2D eigenvalue weighted by atomic mass is 16.3. The van der Waals surface area contributed by atoms with Crippen LogP contribution in [0.1, 0.15) is 12.5 Å². The molecule has 4 nitrogen and oxygen atoms in total. The molecule has 0 spiro atoms. The van der Waals surface area contributed by atoms with Crippen molar-refractivity contribution >= 4 is 12.1 Å². The molecule has 0 saturated carbocycles. The molecular weight excluding hydrogens is 216 g/mol. The molecule has 0 saturated heterocycles. The van der Waals surface area contributed by atoms with E-state index in [2.05, 4.69) is 17.2 Å². The SMILES string of the molecule is C=C(O)C(Cc1ccc(NCC)cc1)NC=O. The highest BCUT2D eigenvalue weighted by Gasteiger charge is 2.11. The summed E-state index contributed by atoms with van der Waals surface area (Å²) in [6, 6.07) is 7.42. The highest BCUT2D eigenvalue weighted by Crippen LogP contribution is 2.12. The molecule has 0 radical (unpaired) electrons. The van der Waals surface area contributed by atoms with Crippen LogP contribution in [-0.4, -0.2) is 24.1 Å². The minimum Gasteiger partial charge on any atom is -0.511 e. The molecule has 0 aliphatic rings. The molecular formula is C13H18N2O2. The van der Waals surface area contributed by atoms with Gasteiger partial charge in [0.2, 0.25) is 6.41 Å². The van der Waals surface area contributed by atoms with Gasteiger partial charge < -0.3 is 15.7 Å². The van der Waals surface area contributed by atoms with E-state index in [1.54, 1.807) is 0 Å². The van der Waals surface area contributed by atoms with Crippen molar-refractivity contribution in [1.82, 2.24) is 5.32 Å². The molecule has 4 heteroatoms. The van der Waals surface area contributed by atoms with Gasteiger partial charge in [-0.15, -0.1) is 0 Å². The lowest BCUT2D eigenvalue weighted by atomic mass is 10.0. The summed E-state index contributed by atoms with van der Waals surface area (Å²) >= 11 is 0. The Morgan fingerprint density at radius 3 is 2.59 bits per heavy atom. The van der Waals surface area contributed by atoms with Crippen LogP contribution in [0.25, 0.3) is 0 Å². The monoisotopic (exact) mass is 234 g/mol. The van der Waals surface area contributed by atoms with Crippen molar-refractivity contribution in [2.45, 2.75) is 19.4 Å². The minimum atomic E-state index is -0.433. The van der Waals surface area contributed by atoms with Crippen molar-refractivity contribution in [2.24, 2.45) is 0 Å². The summed E-state index contributed by atoms with van der Waals surface area (Å²) in [6.45, 7) is 6.35. The number of carbonyl (C=O) groups excluding carboxylic acids is 1. The molecule has 3 N–H and O–H groups in total. The topological polar surface area (TPSA) is 61.4 Å². The normalized spacial score (nSPS) is 11.6. The zero-order chi connectivity index (χ0) is 12.7. The molecule has 1 atom stereocenters. The molecule has 1 aromatic carbocycles. The van der Waals surface area contributed by atoms with Gasteiger partial charge in [0.05, 0.1) is 6.04 Å². The maximum Gasteiger partial charge on any atom is 0.207 e. The number of aliphatic hydroxyl groups excluding tert-OH is 1. The third kappa shape index (κ3) is 4.18. The van der Waals surface area contributed by atoms with Crippen LogP contribution in [0.2, 0.25) is 0 Å². The predicted molar refractivity (Wildman–Crippen MR) is 69.1 cm³/mol. The van der Waals surface area contributed by atoms with Gasteiger partial charge in [0.1, 0.15) is 5.76 Å². The number of aliphatic hydroxyl groups is 1. The summed E-state index contributed by atoms with van der Waals surface area (Å²) in [5, 5.41) is 15.0. The van der Waals surface area contributed by atoms with Gasteiger partial charge in [-0.2, -0.15) is 0 Å². The van der Waals surface area contributed by atoms with E-state index in [-0.39, 0.29) is 5.76 Å². The summed E-state index contributed by atoms with van der Waals surface area (Å²) in [5.74, 6) is -0.0344. The fourth-order valence-electron chi connectivity index (χ4n) is 1.55. The predicted octanol–water partition coefficient (Wildman–Crippen LogP) is 1.85. The number of amides is 1. The highest BCUT2D eigenvalue weighted by molar-refractivity contribution is 5.48. The second kappa shape index (κ2) is 6.58. The molecule has 0 aromatic heterocycles. The number of benzene rings is 1. The van der Waals surface area contributed by atoms with E-state index in [0.29, 0.717) is 12.8 Å². The van der Waals surface area contributed by atoms with Crippen molar-refractivity contribution in [3.8, 4) is 0 Å². The zero-order valence-electron chi connectivity index (χ0n) is 9.94. The Balaban J connectivity index is 2.66. The zero-order valence-corrected chi connectivity index (χ0v) is 9.94. The van der Waals surface area contributed by atoms with Crippen LogP contribution in [0, 0.1) is 0 Å². The maximum atomic E-state index is 10.4. The van der Waals surface area contributed by atoms with Crippen LogP contribution in [-0.2, 0) is 11.2 Å². The standard InChI is InChI=1S/C13H18N2O2/c1-3-14-12-6-4-11(5-7-12)8-13(10(2)17)15-9-16/h4-7,9,13-14,17H,2-3,8H2,1H3,(H,15,16). The Hall–Kier alpha value is -1.97. The Morgan fingerprint density at radius 1 is 1.47 bits per heavy atom. The summed E-state index contributed by atoms with van der Waals surface area (Å²) in [5.41, 5.74) is 2.08. The van der Waals surface area contributed by atoms with Crippen LogP contribution in [0.3, 0.4) is 0 Å². The first-order valence-corrected chi connectivity index (χ1v) is 5.57. The Bertz CT molecular complexity index is 374. The molecule has 0 aliphatic carbocycles. The second-order valence-corrected chi connectivity index (χ2v) is 3.76. The van der Waals surface area contributed by atoms with Gasteiger partial charge in [0.25, 0.3) is 0 Å². The fourth-order valence-corrected chi connectivity index (χ4v) is 1.55. The molecule has 1 unspecified atom stereocenters. The molecule has 0 fully saturated rings. The van der Waals surface area contributed by atoms with Crippen LogP contribution >= 0.6 is 0 Å². The summed E-state index contributed by atoms with van der Waals surface area (Å²) < 4.78 is 0. The number of hydrogen-bond donors (Lipinski definition) is 3. The number of carbonyl (C=O) groups is 1. The van der Waals surface area contributed by atoms with Crippen molar-refractivity contribution in [1.29, 1.82) is 0 Å². The third-order valence-electron chi connectivity index (χ3n) is 2.45. The largest absolute Gasteiger partial charge is 0.511 e. The van der Waals surface area contributed by atoms with Gasteiger partial charge in [-0.1, -0.05) is 18.7 Å². The lowest BCUT2D eigenvalue weighted by Crippen LogP contribution is -2.31. The molecule has 1 rings (SSSR count). The van der Waals surface area contributed by atoms with Crippen LogP contribution in [0.5, 0.6) is 0 Å². The third-order valence-corrected chi connectivity index (χ3v) is 2.45. The fraction of sp³-hybridized carbons (Fsp3) is 0.308. The van der Waals surface area contributed by atoms with Crippen LogP contribution in [0.4, 0.5) is 5.69 Å². The van der Waals surface area contributed by atoms with E-state index in [4.69, 9.17) is 0 Å². The van der Waals surface area contributed by atoms with Crippen LogP contribution in [0.15, 0.2) is 36.6 Å². The Morgan fingerprint density at radius 2 is 2.12 bits per heavy atom. The van der Waals surface area contributed by atoms with E-state index in [9.17, 15) is 9.90 Å². The van der Waals surface area contributed by atoms with Gasteiger partial charge in [-0.25, -0.2) is 0 Å². The smallest absolute Gasteiger partial charge is 0.207 e. The molecule has 17 heavy (non-hydrogen) atoms. The van der Waals surface area contributed by atoms with E-state index in [1.165, 1.54) is 0 Å². The molecule has 92 valence electrons. The number of rotatable bonds is 7. The van der Waals surface area contributed by atoms with Gasteiger partial charge in [-0.05, 0) is 31.0 Å². The number of anilines is 1. The first-order valence-electron chi connectivity index (χ1n) is 5.57. The van der Waals surface area contributed by atoms with E-state index in [0.717, 1.165) is 17.8 Å². The second-order valence-electron chi connectivity index (χ2n) is 3.76. The Kier molecular flexibility index (Phi) is 5.07. The summed E-state index contributed by atoms with van der Waals surface area (Å²) in [4.78, 5) is 10.4. The average Bonchev–Trinajstić information content (AvgIpc) is 2.31.